The van der Waals surface area contributed by atoms with Crippen LogP contribution in [0.3, 0.4) is 0 Å². The van der Waals surface area contributed by atoms with Gasteiger partial charge in [-0.1, -0.05) is 6.08 Å². The molecule has 18 heavy (non-hydrogen) atoms. The van der Waals surface area contributed by atoms with Crippen LogP contribution in [0.25, 0.3) is 0 Å². The van der Waals surface area contributed by atoms with Gasteiger partial charge in [-0.3, -0.25) is 10.1 Å². The van der Waals surface area contributed by atoms with E-state index in [-0.39, 0.29) is 5.91 Å². The van der Waals surface area contributed by atoms with Gasteiger partial charge >= 0.3 is 0 Å². The van der Waals surface area contributed by atoms with E-state index in [1.54, 1.807) is 18.5 Å². The number of hydrogen-bond donors (Lipinski definition) is 1. The molecule has 1 aromatic heterocycles. The lowest BCUT2D eigenvalue weighted by Crippen LogP contribution is -2.15. The number of rotatable bonds is 2. The van der Waals surface area contributed by atoms with E-state index in [0.29, 0.717) is 11.5 Å². The Bertz CT molecular complexity index is 693. The van der Waals surface area contributed by atoms with E-state index in [2.05, 4.69) is 21.4 Å². The van der Waals surface area contributed by atoms with E-state index in [1.807, 2.05) is 12.2 Å². The van der Waals surface area contributed by atoms with Crippen LogP contribution in [0, 0.1) is 0 Å². The summed E-state index contributed by atoms with van der Waals surface area (Å²) in [7, 11) is 0. The summed E-state index contributed by atoms with van der Waals surface area (Å²) >= 11 is 0. The van der Waals surface area contributed by atoms with Crippen molar-refractivity contribution in [3.8, 4) is 0 Å². The Labute approximate surface area is 103 Å². The van der Waals surface area contributed by atoms with Crippen LogP contribution in [0.4, 0.5) is 5.95 Å². The Hall–Kier alpha value is -2.49. The predicted octanol–water partition coefficient (Wildman–Crippen LogP) is 1.92. The monoisotopic (exact) mass is 235 g/mol. The molecule has 0 spiro atoms. The average molecular weight is 235 g/mol. The Morgan fingerprint density at radius 1 is 1.17 bits per heavy atom. The van der Waals surface area contributed by atoms with Gasteiger partial charge in [0.25, 0.3) is 5.91 Å². The number of aromatic nitrogens is 2. The molecule has 0 radical (unpaired) electrons. The minimum Gasteiger partial charge on any atom is -0.290 e. The molecule has 4 nitrogen and oxygen atoms in total. The number of nitrogens with zero attached hydrogens (tertiary/aromatic N) is 2. The van der Waals surface area contributed by atoms with Gasteiger partial charge in [0, 0.05) is 18.0 Å². The number of allylic oxidation sites excluding steroid dienone is 6. The lowest BCUT2D eigenvalue weighted by Gasteiger charge is -2.04. The molecule has 3 aliphatic carbocycles. The second kappa shape index (κ2) is 3.26. The summed E-state index contributed by atoms with van der Waals surface area (Å²) in [4.78, 5) is 20.1. The molecule has 1 saturated carbocycles. The van der Waals surface area contributed by atoms with Crippen LogP contribution in [-0.2, 0) is 4.79 Å². The zero-order chi connectivity index (χ0) is 12.1. The summed E-state index contributed by atoms with van der Waals surface area (Å²) in [5.74, 6) is 0.183. The van der Waals surface area contributed by atoms with Crippen molar-refractivity contribution in [3.63, 3.8) is 0 Å². The zero-order valence-corrected chi connectivity index (χ0v) is 9.47. The summed E-state index contributed by atoms with van der Waals surface area (Å²) in [6.07, 6.45) is 10.3. The highest BCUT2D eigenvalue weighted by atomic mass is 16.1. The molecule has 0 saturated heterocycles. The molecule has 1 aromatic rings. The Morgan fingerprint density at radius 2 is 2.00 bits per heavy atom. The van der Waals surface area contributed by atoms with Crippen molar-refractivity contribution in [2.24, 2.45) is 0 Å². The van der Waals surface area contributed by atoms with Crippen LogP contribution < -0.4 is 5.32 Å². The van der Waals surface area contributed by atoms with Crippen LogP contribution in [0.2, 0.25) is 0 Å². The van der Waals surface area contributed by atoms with Crippen LogP contribution >= 0.6 is 0 Å². The molecule has 1 heterocycles. The van der Waals surface area contributed by atoms with Crippen LogP contribution in [0.5, 0.6) is 0 Å². The first-order valence-corrected chi connectivity index (χ1v) is 5.78. The minimum atomic E-state index is -0.152. The van der Waals surface area contributed by atoms with Crippen LogP contribution in [0.15, 0.2) is 64.6 Å². The topological polar surface area (TPSA) is 54.9 Å². The Kier molecular flexibility index (Phi) is 1.73. The van der Waals surface area contributed by atoms with E-state index in [1.165, 1.54) is 16.7 Å². The van der Waals surface area contributed by atoms with Crippen molar-refractivity contribution < 1.29 is 4.79 Å². The van der Waals surface area contributed by atoms with Gasteiger partial charge in [0.15, 0.2) is 0 Å². The van der Waals surface area contributed by atoms with Gasteiger partial charge in [-0.25, -0.2) is 9.97 Å². The first-order valence-electron chi connectivity index (χ1n) is 5.78. The SMILES string of the molecule is O=C(Nc1ncccn1)C1=C2C=C3CC3=C2C=C1. The highest BCUT2D eigenvalue weighted by Crippen LogP contribution is 2.51. The van der Waals surface area contributed by atoms with Gasteiger partial charge in [-0.2, -0.15) is 0 Å². The average Bonchev–Trinajstić information content (AvgIpc) is 2.86. The third-order valence-electron chi connectivity index (χ3n) is 3.31. The molecule has 0 bridgehead atoms. The first kappa shape index (κ1) is 9.53. The number of amides is 1. The maximum absolute atomic E-state index is 12.1. The van der Waals surface area contributed by atoms with E-state index < -0.39 is 0 Å². The van der Waals surface area contributed by atoms with Gasteiger partial charge in [0.2, 0.25) is 5.95 Å². The highest BCUT2D eigenvalue weighted by molar-refractivity contribution is 6.08. The number of fused-ring (bicyclic) bond motifs is 2. The normalized spacial score (nSPS) is 18.8. The van der Waals surface area contributed by atoms with Gasteiger partial charge in [-0.15, -0.1) is 0 Å². The molecule has 4 heteroatoms. The van der Waals surface area contributed by atoms with Crippen LogP contribution in [0.1, 0.15) is 6.42 Å². The first-order chi connectivity index (χ1) is 8.83. The third-order valence-corrected chi connectivity index (χ3v) is 3.31. The van der Waals surface area contributed by atoms with Crippen molar-refractivity contribution in [1.82, 2.24) is 9.97 Å². The molecular formula is C14H9N3O. The fourth-order valence-electron chi connectivity index (χ4n) is 2.37. The number of nitrogens with one attached hydrogen (secondary N) is 1. The third kappa shape index (κ3) is 1.29. The zero-order valence-electron chi connectivity index (χ0n) is 9.47. The molecule has 0 aromatic carbocycles. The maximum atomic E-state index is 12.1. The summed E-state index contributed by atoms with van der Waals surface area (Å²) in [5.41, 5.74) is 5.71. The molecule has 1 N–H and O–H groups in total. The van der Waals surface area contributed by atoms with Crippen molar-refractivity contribution >= 4 is 11.9 Å². The molecule has 86 valence electrons. The number of carbonyl (C=O) groups excluding carboxylic acids is 1. The fourth-order valence-corrected chi connectivity index (χ4v) is 2.37. The lowest BCUT2D eigenvalue weighted by atomic mass is 10.1. The van der Waals surface area contributed by atoms with Crippen molar-refractivity contribution in [3.05, 3.63) is 64.6 Å². The molecule has 1 fully saturated rings. The molecule has 0 aliphatic heterocycles. The van der Waals surface area contributed by atoms with Gasteiger partial charge in [0.05, 0.1) is 0 Å². The quantitative estimate of drug-likeness (QED) is 0.852. The minimum absolute atomic E-state index is 0.152. The Morgan fingerprint density at radius 3 is 2.83 bits per heavy atom. The van der Waals surface area contributed by atoms with Crippen molar-refractivity contribution in [2.45, 2.75) is 6.42 Å². The number of carbonyl (C=O) groups is 1. The molecule has 4 rings (SSSR count). The van der Waals surface area contributed by atoms with Crippen LogP contribution in [-0.4, -0.2) is 15.9 Å². The molecule has 0 atom stereocenters. The Balaban J connectivity index is 1.64. The van der Waals surface area contributed by atoms with Crippen molar-refractivity contribution in [1.29, 1.82) is 0 Å². The summed E-state index contributed by atoms with van der Waals surface area (Å²) < 4.78 is 0. The highest BCUT2D eigenvalue weighted by Gasteiger charge is 2.35. The summed E-state index contributed by atoms with van der Waals surface area (Å²) in [6.45, 7) is 0. The second-order valence-corrected chi connectivity index (χ2v) is 4.43. The van der Waals surface area contributed by atoms with E-state index in [4.69, 9.17) is 0 Å². The van der Waals surface area contributed by atoms with Gasteiger partial charge in [0.1, 0.15) is 0 Å². The van der Waals surface area contributed by atoms with Gasteiger partial charge in [-0.05, 0) is 46.9 Å². The van der Waals surface area contributed by atoms with E-state index in [9.17, 15) is 4.79 Å². The second-order valence-electron chi connectivity index (χ2n) is 4.43. The fraction of sp³-hybridized carbons (Fsp3) is 0.0714. The maximum Gasteiger partial charge on any atom is 0.258 e. The van der Waals surface area contributed by atoms with E-state index >= 15 is 0 Å². The lowest BCUT2D eigenvalue weighted by molar-refractivity contribution is -0.112. The molecular weight excluding hydrogens is 226 g/mol. The van der Waals surface area contributed by atoms with Crippen molar-refractivity contribution in [2.75, 3.05) is 5.32 Å². The summed E-state index contributed by atoms with van der Waals surface area (Å²) in [6, 6.07) is 1.71. The standard InChI is InChI=1S/C14H9N3O/c18-13(17-14-15-4-1-5-16-14)10-3-2-9-11-6-8(11)7-12(9)10/h1-5,7H,6H2,(H,15,16,17,18). The van der Waals surface area contributed by atoms with E-state index in [0.717, 1.165) is 12.0 Å². The van der Waals surface area contributed by atoms with Gasteiger partial charge < -0.3 is 0 Å². The molecule has 1 amide bonds. The molecule has 0 unspecified atom stereocenters. The smallest absolute Gasteiger partial charge is 0.258 e. The number of hydrogen-bond acceptors (Lipinski definition) is 3. The number of anilines is 1. The summed E-state index contributed by atoms with van der Waals surface area (Å²) in [5, 5.41) is 2.70. The largest absolute Gasteiger partial charge is 0.290 e. The molecule has 3 aliphatic rings. The predicted molar refractivity (Wildman–Crippen MR) is 66.6 cm³/mol.